The number of ether oxygens (including phenoxy) is 4. The van der Waals surface area contributed by atoms with Crippen LogP contribution in [0.4, 0.5) is 20.6 Å². The Kier molecular flexibility index (Phi) is 8.93. The van der Waals surface area contributed by atoms with Crippen molar-refractivity contribution in [2.45, 2.75) is 57.8 Å². The first kappa shape index (κ1) is 35.8. The third kappa shape index (κ3) is 6.42. The summed E-state index contributed by atoms with van der Waals surface area (Å²) in [6.07, 6.45) is 1.52. The number of hydrogen-bond donors (Lipinski definition) is 0. The lowest BCUT2D eigenvalue weighted by Crippen LogP contribution is -2.73. The molecule has 3 aromatic carbocycles. The van der Waals surface area contributed by atoms with Gasteiger partial charge in [0.1, 0.15) is 17.2 Å². The second-order valence-corrected chi connectivity index (χ2v) is 16.5. The first-order valence-electron chi connectivity index (χ1n) is 17.8. The number of rotatable bonds is 5. The summed E-state index contributed by atoms with van der Waals surface area (Å²) in [5, 5.41) is 0.443. The summed E-state index contributed by atoms with van der Waals surface area (Å²) in [4.78, 5) is 46.7. The van der Waals surface area contributed by atoms with Gasteiger partial charge >= 0.3 is 12.1 Å². The predicted octanol–water partition coefficient (Wildman–Crippen LogP) is 7.00. The Morgan fingerprint density at radius 2 is 1.60 bits per heavy atom. The highest BCUT2D eigenvalue weighted by atomic mass is 35.5. The number of anilines is 2. The second-order valence-electron chi connectivity index (χ2n) is 15.7. The van der Waals surface area contributed by atoms with Crippen LogP contribution in [-0.4, -0.2) is 98.7 Å². The number of benzene rings is 3. The number of likely N-dealkylation sites (tertiary alicyclic amines) is 1. The zero-order valence-corrected chi connectivity index (χ0v) is 31.6. The molecule has 0 aromatic heterocycles. The maximum atomic E-state index is 15.9. The minimum Gasteiger partial charge on any atom is -0.472 e. The monoisotopic (exact) mass is 766 g/mol. The van der Waals surface area contributed by atoms with E-state index in [2.05, 4.69) is 9.80 Å². The number of nitrogens with zero attached hydrogens (tertiary/aromatic N) is 4. The van der Waals surface area contributed by atoms with Gasteiger partial charge < -0.3 is 38.5 Å². The van der Waals surface area contributed by atoms with Crippen LogP contribution in [0.15, 0.2) is 42.5 Å². The van der Waals surface area contributed by atoms with E-state index in [9.17, 15) is 14.4 Å². The fraction of sp³-hybridized carbons (Fsp3) is 0.462. The van der Waals surface area contributed by atoms with Gasteiger partial charge in [0.25, 0.3) is 5.91 Å². The van der Waals surface area contributed by atoms with Crippen LogP contribution in [0.5, 0.6) is 5.75 Å². The number of carbonyl (C=O) groups is 3. The maximum Gasteiger partial charge on any atom is 0.410 e. The number of halogens is 3. The van der Waals surface area contributed by atoms with Crippen LogP contribution in [-0.2, 0) is 20.8 Å². The first-order chi connectivity index (χ1) is 25.2. The number of carbonyl (C=O) groups excluding carboxylic acids is 3. The second kappa shape index (κ2) is 13.2. The zero-order chi connectivity index (χ0) is 37.4. The number of amides is 2. The number of esters is 1. The van der Waals surface area contributed by atoms with Crippen molar-refractivity contribution in [3.8, 4) is 16.9 Å². The molecular formula is C39H41Cl2FN4O7. The van der Waals surface area contributed by atoms with Crippen molar-refractivity contribution in [3.05, 3.63) is 75.0 Å². The molecule has 1 spiro atoms. The van der Waals surface area contributed by atoms with E-state index in [0.717, 1.165) is 31.6 Å². The van der Waals surface area contributed by atoms with E-state index in [1.165, 1.54) is 18.1 Å². The molecule has 2 unspecified atom stereocenters. The van der Waals surface area contributed by atoms with Gasteiger partial charge in [-0.15, -0.1) is 0 Å². The molecule has 0 aliphatic carbocycles. The molecule has 3 aromatic rings. The number of methoxy groups -OCH3 is 1. The van der Waals surface area contributed by atoms with Crippen molar-refractivity contribution in [1.29, 1.82) is 0 Å². The summed E-state index contributed by atoms with van der Waals surface area (Å²) in [6.45, 7) is 9.39. The molecule has 2 bridgehead atoms. The highest BCUT2D eigenvalue weighted by Crippen LogP contribution is 2.46. The summed E-state index contributed by atoms with van der Waals surface area (Å²) in [7, 11) is 1.29. The molecule has 5 heterocycles. The number of hydrogen-bond acceptors (Lipinski definition) is 9. The van der Waals surface area contributed by atoms with Crippen LogP contribution in [0.2, 0.25) is 10.0 Å². The Labute approximate surface area is 317 Å². The van der Waals surface area contributed by atoms with Crippen molar-refractivity contribution in [2.75, 3.05) is 63.0 Å². The minimum atomic E-state index is -0.610. The molecule has 5 aliphatic heterocycles. The standard InChI is InChI=1S/C39H41Cl2FN4O7/c1-38(2,3)53-37(49)45-19-39(20-45)17-44(18-39)25-10-29(40)33(30(41)11-25)35(47)43-14-22-6-5-7-26(34(22)52-21-43)27-13-32(28(12-31(27)42)36(48)50-4)46-23-8-9-24(46)16-51-15-23/h5-7,10-13,23-24H,8-9,14-21H2,1-4H3. The molecule has 0 saturated carbocycles. The molecule has 53 heavy (non-hydrogen) atoms. The van der Waals surface area contributed by atoms with Gasteiger partial charge in [-0.2, -0.15) is 0 Å². The largest absolute Gasteiger partial charge is 0.472 e. The number of para-hydroxylation sites is 1. The van der Waals surface area contributed by atoms with Gasteiger partial charge in [-0.1, -0.05) is 41.4 Å². The molecule has 4 fully saturated rings. The van der Waals surface area contributed by atoms with Crippen molar-refractivity contribution in [3.63, 3.8) is 0 Å². The third-order valence-corrected chi connectivity index (χ3v) is 11.4. The molecule has 5 aliphatic rings. The van der Waals surface area contributed by atoms with Crippen LogP contribution in [0.1, 0.15) is 59.9 Å². The Hall–Kier alpha value is -4.26. The van der Waals surface area contributed by atoms with Gasteiger partial charge in [0.05, 0.1) is 65.8 Å². The Morgan fingerprint density at radius 1 is 0.925 bits per heavy atom. The molecule has 0 radical (unpaired) electrons. The van der Waals surface area contributed by atoms with Crippen molar-refractivity contribution >= 4 is 52.5 Å². The van der Waals surface area contributed by atoms with Gasteiger partial charge in [-0.05, 0) is 57.9 Å². The Morgan fingerprint density at radius 3 is 2.25 bits per heavy atom. The summed E-state index contributed by atoms with van der Waals surface area (Å²) in [6, 6.07) is 12.0. The highest BCUT2D eigenvalue weighted by Gasteiger charge is 2.54. The third-order valence-electron chi connectivity index (χ3n) is 10.8. The van der Waals surface area contributed by atoms with Crippen LogP contribution in [0.3, 0.4) is 0 Å². The van der Waals surface area contributed by atoms with E-state index in [1.54, 1.807) is 35.2 Å². The molecule has 8 rings (SSSR count). The van der Waals surface area contributed by atoms with E-state index in [0.29, 0.717) is 48.9 Å². The molecule has 14 heteroatoms. The number of fused-ring (bicyclic) bond motifs is 3. The fourth-order valence-corrected chi connectivity index (χ4v) is 9.00. The molecular weight excluding hydrogens is 726 g/mol. The van der Waals surface area contributed by atoms with E-state index in [4.69, 9.17) is 42.1 Å². The van der Waals surface area contributed by atoms with Crippen LogP contribution in [0.25, 0.3) is 11.1 Å². The van der Waals surface area contributed by atoms with Gasteiger partial charge in [-0.25, -0.2) is 14.0 Å². The lowest BCUT2D eigenvalue weighted by atomic mass is 9.73. The smallest absolute Gasteiger partial charge is 0.410 e. The SMILES string of the molecule is COC(=O)c1cc(F)c(-c2cccc3c2OCN(C(=O)c2c(Cl)cc(N4CC5(CN(C(=O)OC(C)(C)C)C5)C4)cc2Cl)C3)cc1N1C2CCC1COC2. The lowest BCUT2D eigenvalue weighted by Gasteiger charge is -2.60. The van der Waals surface area contributed by atoms with E-state index >= 15 is 4.39 Å². The van der Waals surface area contributed by atoms with Gasteiger partial charge in [-0.3, -0.25) is 4.79 Å². The average molecular weight is 768 g/mol. The molecule has 11 nitrogen and oxygen atoms in total. The van der Waals surface area contributed by atoms with Gasteiger partial charge in [0.2, 0.25) is 0 Å². The topological polar surface area (TPSA) is 101 Å². The van der Waals surface area contributed by atoms with Crippen molar-refractivity contribution in [1.82, 2.24) is 9.80 Å². The zero-order valence-electron chi connectivity index (χ0n) is 30.0. The van der Waals surface area contributed by atoms with Crippen molar-refractivity contribution in [2.24, 2.45) is 5.41 Å². The summed E-state index contributed by atoms with van der Waals surface area (Å²) < 4.78 is 38.4. The Bertz CT molecular complexity index is 1970. The summed E-state index contributed by atoms with van der Waals surface area (Å²) in [5.74, 6) is -1.14. The lowest BCUT2D eigenvalue weighted by molar-refractivity contribution is -0.0453. The molecule has 2 atom stereocenters. The summed E-state index contributed by atoms with van der Waals surface area (Å²) in [5.41, 5.74) is 2.67. The normalized spacial score (nSPS) is 21.4. The van der Waals surface area contributed by atoms with Crippen LogP contribution in [0, 0.1) is 11.2 Å². The molecule has 280 valence electrons. The summed E-state index contributed by atoms with van der Waals surface area (Å²) >= 11 is 13.5. The average Bonchev–Trinajstić information content (AvgIpc) is 3.31. The highest BCUT2D eigenvalue weighted by molar-refractivity contribution is 6.40. The minimum absolute atomic E-state index is 0.00223. The van der Waals surface area contributed by atoms with E-state index in [1.807, 2.05) is 26.8 Å². The van der Waals surface area contributed by atoms with Crippen molar-refractivity contribution < 1.29 is 37.7 Å². The molecule has 0 N–H and O–H groups in total. The van der Waals surface area contributed by atoms with E-state index < -0.39 is 23.3 Å². The quantitative estimate of drug-likeness (QED) is 0.254. The van der Waals surface area contributed by atoms with Gasteiger partial charge in [0.15, 0.2) is 6.73 Å². The fourth-order valence-electron chi connectivity index (χ4n) is 8.36. The van der Waals surface area contributed by atoms with Crippen LogP contribution >= 0.6 is 23.2 Å². The predicted molar refractivity (Wildman–Crippen MR) is 198 cm³/mol. The van der Waals surface area contributed by atoms with E-state index in [-0.39, 0.29) is 63.6 Å². The van der Waals surface area contributed by atoms with Crippen LogP contribution < -0.4 is 14.5 Å². The molecule has 2 amide bonds. The maximum absolute atomic E-state index is 15.9. The Balaban J connectivity index is 0.988. The molecule has 4 saturated heterocycles. The first-order valence-corrected chi connectivity index (χ1v) is 18.5. The van der Waals surface area contributed by atoms with Gasteiger partial charge in [0, 0.05) is 54.0 Å². The number of morpholine rings is 1.